The molecule has 0 bridgehead atoms. The van der Waals surface area contributed by atoms with E-state index in [4.69, 9.17) is 15.2 Å². The molecule has 0 radical (unpaired) electrons. The molecule has 106 valence electrons. The van der Waals surface area contributed by atoms with Gasteiger partial charge in [-0.15, -0.1) is 0 Å². The van der Waals surface area contributed by atoms with Gasteiger partial charge in [0.1, 0.15) is 5.75 Å². The van der Waals surface area contributed by atoms with E-state index in [2.05, 4.69) is 18.0 Å². The SMILES string of the molecule is COc1cccc(N(C)C2CCOCC2)c1C(C)N. The molecule has 0 saturated carbocycles. The Morgan fingerprint density at radius 3 is 2.63 bits per heavy atom. The summed E-state index contributed by atoms with van der Waals surface area (Å²) in [7, 11) is 3.83. The Morgan fingerprint density at radius 1 is 1.37 bits per heavy atom. The molecule has 1 aliphatic rings. The van der Waals surface area contributed by atoms with Crippen molar-refractivity contribution in [1.29, 1.82) is 0 Å². The molecular weight excluding hydrogens is 240 g/mol. The molecule has 19 heavy (non-hydrogen) atoms. The van der Waals surface area contributed by atoms with E-state index in [-0.39, 0.29) is 6.04 Å². The molecule has 1 heterocycles. The van der Waals surface area contributed by atoms with Crippen LogP contribution in [0.1, 0.15) is 31.4 Å². The molecule has 1 atom stereocenters. The number of anilines is 1. The lowest BCUT2D eigenvalue weighted by Gasteiger charge is -2.35. The number of methoxy groups -OCH3 is 1. The molecule has 2 rings (SSSR count). The monoisotopic (exact) mass is 264 g/mol. The van der Waals surface area contributed by atoms with Gasteiger partial charge < -0.3 is 20.1 Å². The van der Waals surface area contributed by atoms with Gasteiger partial charge in [0.25, 0.3) is 0 Å². The molecule has 2 N–H and O–H groups in total. The van der Waals surface area contributed by atoms with Crippen LogP contribution in [0, 0.1) is 0 Å². The Hall–Kier alpha value is -1.26. The first-order valence-corrected chi connectivity index (χ1v) is 6.88. The normalized spacial score (nSPS) is 18.1. The van der Waals surface area contributed by atoms with Gasteiger partial charge in [0, 0.05) is 43.6 Å². The lowest BCUT2D eigenvalue weighted by atomic mass is 10.0. The van der Waals surface area contributed by atoms with Crippen LogP contribution in [0.25, 0.3) is 0 Å². The summed E-state index contributed by atoms with van der Waals surface area (Å²) in [5.41, 5.74) is 8.38. The minimum atomic E-state index is -0.0477. The molecule has 0 spiro atoms. The topological polar surface area (TPSA) is 47.7 Å². The summed E-state index contributed by atoms with van der Waals surface area (Å²) >= 11 is 0. The van der Waals surface area contributed by atoms with Crippen LogP contribution in [-0.4, -0.2) is 33.4 Å². The average molecular weight is 264 g/mol. The van der Waals surface area contributed by atoms with Crippen molar-refractivity contribution in [3.05, 3.63) is 23.8 Å². The fourth-order valence-electron chi connectivity index (χ4n) is 2.74. The predicted octanol–water partition coefficient (Wildman–Crippen LogP) is 2.33. The van der Waals surface area contributed by atoms with Gasteiger partial charge in [-0.05, 0) is 31.9 Å². The van der Waals surface area contributed by atoms with E-state index in [1.54, 1.807) is 7.11 Å². The third-order valence-corrected chi connectivity index (χ3v) is 3.84. The highest BCUT2D eigenvalue weighted by Crippen LogP contribution is 2.35. The van der Waals surface area contributed by atoms with Gasteiger partial charge in [-0.3, -0.25) is 0 Å². The average Bonchev–Trinajstić information content (AvgIpc) is 2.46. The molecule has 1 aliphatic heterocycles. The smallest absolute Gasteiger partial charge is 0.125 e. The number of nitrogens with zero attached hydrogens (tertiary/aromatic N) is 1. The van der Waals surface area contributed by atoms with Crippen LogP contribution in [0.2, 0.25) is 0 Å². The van der Waals surface area contributed by atoms with Crippen LogP contribution in [0.5, 0.6) is 5.75 Å². The Bertz CT molecular complexity index is 415. The van der Waals surface area contributed by atoms with Crippen molar-refractivity contribution in [3.63, 3.8) is 0 Å². The summed E-state index contributed by atoms with van der Waals surface area (Å²) in [6, 6.07) is 6.58. The van der Waals surface area contributed by atoms with E-state index in [0.717, 1.165) is 37.4 Å². The minimum absolute atomic E-state index is 0.0477. The first kappa shape index (κ1) is 14.2. The summed E-state index contributed by atoms with van der Waals surface area (Å²) in [4.78, 5) is 2.32. The van der Waals surface area contributed by atoms with Gasteiger partial charge in [0.2, 0.25) is 0 Å². The van der Waals surface area contributed by atoms with Gasteiger partial charge in [-0.25, -0.2) is 0 Å². The van der Waals surface area contributed by atoms with Gasteiger partial charge in [-0.2, -0.15) is 0 Å². The number of benzene rings is 1. The van der Waals surface area contributed by atoms with Crippen LogP contribution in [0.4, 0.5) is 5.69 Å². The maximum Gasteiger partial charge on any atom is 0.125 e. The predicted molar refractivity (Wildman–Crippen MR) is 77.8 cm³/mol. The Balaban J connectivity index is 2.32. The second kappa shape index (κ2) is 6.26. The highest BCUT2D eigenvalue weighted by atomic mass is 16.5. The maximum absolute atomic E-state index is 6.13. The molecule has 1 unspecified atom stereocenters. The fraction of sp³-hybridized carbons (Fsp3) is 0.600. The summed E-state index contributed by atoms with van der Waals surface area (Å²) in [6.45, 7) is 3.68. The lowest BCUT2D eigenvalue weighted by molar-refractivity contribution is 0.0854. The molecule has 1 saturated heterocycles. The standard InChI is InChI=1S/C15H24N2O2/c1-11(16)15-13(5-4-6-14(15)18-3)17(2)12-7-9-19-10-8-12/h4-6,11-12H,7-10,16H2,1-3H3. The zero-order chi connectivity index (χ0) is 13.8. The van der Waals surface area contributed by atoms with Crippen molar-refractivity contribution >= 4 is 5.69 Å². The lowest BCUT2D eigenvalue weighted by Crippen LogP contribution is -2.37. The fourth-order valence-corrected chi connectivity index (χ4v) is 2.74. The third-order valence-electron chi connectivity index (χ3n) is 3.84. The number of rotatable bonds is 4. The number of hydrogen-bond acceptors (Lipinski definition) is 4. The van der Waals surface area contributed by atoms with E-state index in [0.29, 0.717) is 6.04 Å². The quantitative estimate of drug-likeness (QED) is 0.906. The Kier molecular flexibility index (Phi) is 4.66. The van der Waals surface area contributed by atoms with Crippen molar-refractivity contribution in [1.82, 2.24) is 0 Å². The van der Waals surface area contributed by atoms with Crippen molar-refractivity contribution in [2.24, 2.45) is 5.73 Å². The molecule has 4 heteroatoms. The number of hydrogen-bond donors (Lipinski definition) is 1. The van der Waals surface area contributed by atoms with Crippen molar-refractivity contribution in [3.8, 4) is 5.75 Å². The van der Waals surface area contributed by atoms with Gasteiger partial charge in [0.05, 0.1) is 7.11 Å². The first-order chi connectivity index (χ1) is 9.15. The molecular formula is C15H24N2O2. The molecule has 0 aliphatic carbocycles. The highest BCUT2D eigenvalue weighted by Gasteiger charge is 2.23. The van der Waals surface area contributed by atoms with E-state index >= 15 is 0 Å². The molecule has 0 aromatic heterocycles. The van der Waals surface area contributed by atoms with E-state index < -0.39 is 0 Å². The van der Waals surface area contributed by atoms with Crippen LogP contribution in [-0.2, 0) is 4.74 Å². The van der Waals surface area contributed by atoms with E-state index in [9.17, 15) is 0 Å². The molecule has 0 amide bonds. The van der Waals surface area contributed by atoms with Gasteiger partial charge >= 0.3 is 0 Å². The number of ether oxygens (including phenoxy) is 2. The summed E-state index contributed by atoms with van der Waals surface area (Å²) < 4.78 is 10.9. The molecule has 1 aromatic carbocycles. The largest absolute Gasteiger partial charge is 0.496 e. The summed E-state index contributed by atoms with van der Waals surface area (Å²) in [6.07, 6.45) is 2.12. The zero-order valence-electron chi connectivity index (χ0n) is 12.1. The van der Waals surface area contributed by atoms with Crippen molar-refractivity contribution in [2.45, 2.75) is 31.8 Å². The van der Waals surface area contributed by atoms with Crippen LogP contribution < -0.4 is 15.4 Å². The summed E-state index contributed by atoms with van der Waals surface area (Å²) in [5.74, 6) is 0.867. The minimum Gasteiger partial charge on any atom is -0.496 e. The Morgan fingerprint density at radius 2 is 2.05 bits per heavy atom. The summed E-state index contributed by atoms with van der Waals surface area (Å²) in [5, 5.41) is 0. The molecule has 4 nitrogen and oxygen atoms in total. The molecule has 1 aromatic rings. The van der Waals surface area contributed by atoms with Crippen molar-refractivity contribution in [2.75, 3.05) is 32.3 Å². The first-order valence-electron chi connectivity index (χ1n) is 6.88. The third kappa shape index (κ3) is 3.01. The van der Waals surface area contributed by atoms with Crippen LogP contribution in [0.15, 0.2) is 18.2 Å². The maximum atomic E-state index is 6.13. The van der Waals surface area contributed by atoms with E-state index in [1.807, 2.05) is 19.1 Å². The Labute approximate surface area is 115 Å². The molecule has 1 fully saturated rings. The van der Waals surface area contributed by atoms with E-state index in [1.165, 1.54) is 5.69 Å². The highest BCUT2D eigenvalue weighted by molar-refractivity contribution is 5.61. The number of nitrogens with two attached hydrogens (primary N) is 1. The van der Waals surface area contributed by atoms with Crippen LogP contribution >= 0.6 is 0 Å². The van der Waals surface area contributed by atoms with Gasteiger partial charge in [0.15, 0.2) is 0 Å². The van der Waals surface area contributed by atoms with Crippen molar-refractivity contribution < 1.29 is 9.47 Å². The van der Waals surface area contributed by atoms with Crippen LogP contribution in [0.3, 0.4) is 0 Å². The second-order valence-corrected chi connectivity index (χ2v) is 5.14. The zero-order valence-corrected chi connectivity index (χ0v) is 12.1. The van der Waals surface area contributed by atoms with Gasteiger partial charge in [-0.1, -0.05) is 6.07 Å². The second-order valence-electron chi connectivity index (χ2n) is 5.14.